The molecule has 1 aliphatic heterocycles. The van der Waals surface area contributed by atoms with Crippen molar-refractivity contribution in [2.75, 3.05) is 0 Å². The van der Waals surface area contributed by atoms with Gasteiger partial charge < -0.3 is 10.2 Å². The molecule has 1 saturated heterocycles. The quantitative estimate of drug-likeness (QED) is 0.895. The van der Waals surface area contributed by atoms with Crippen LogP contribution in [0, 0.1) is 11.6 Å². The lowest BCUT2D eigenvalue weighted by molar-refractivity contribution is -0.155. The molecule has 0 aromatic heterocycles. The van der Waals surface area contributed by atoms with Crippen molar-refractivity contribution < 1.29 is 18.4 Å². The number of hydrogen-bond donors (Lipinski definition) is 1. The summed E-state index contributed by atoms with van der Waals surface area (Å²) in [6.45, 7) is 4.36. The van der Waals surface area contributed by atoms with Crippen LogP contribution in [-0.2, 0) is 16.1 Å². The first kappa shape index (κ1) is 14.4. The fourth-order valence-electron chi connectivity index (χ4n) is 2.18. The van der Waals surface area contributed by atoms with Gasteiger partial charge >= 0.3 is 0 Å². The zero-order chi connectivity index (χ0) is 15.1. The van der Waals surface area contributed by atoms with E-state index in [0.717, 1.165) is 12.1 Å². The maximum atomic E-state index is 13.7. The number of carbonyl (C=O) groups is 2. The van der Waals surface area contributed by atoms with Crippen LogP contribution >= 0.6 is 0 Å². The highest BCUT2D eigenvalue weighted by Crippen LogP contribution is 2.25. The van der Waals surface area contributed by atoms with E-state index in [1.54, 1.807) is 20.8 Å². The summed E-state index contributed by atoms with van der Waals surface area (Å²) in [7, 11) is 0. The number of hydrogen-bond acceptors (Lipinski definition) is 2. The van der Waals surface area contributed by atoms with Gasteiger partial charge in [-0.3, -0.25) is 9.59 Å². The van der Waals surface area contributed by atoms with Crippen LogP contribution in [0.3, 0.4) is 0 Å². The van der Waals surface area contributed by atoms with Gasteiger partial charge in [-0.05, 0) is 32.9 Å². The topological polar surface area (TPSA) is 49.4 Å². The van der Waals surface area contributed by atoms with E-state index in [2.05, 4.69) is 5.32 Å². The summed E-state index contributed by atoms with van der Waals surface area (Å²) >= 11 is 0. The van der Waals surface area contributed by atoms with Gasteiger partial charge in [-0.15, -0.1) is 0 Å². The van der Waals surface area contributed by atoms with Crippen LogP contribution in [0.15, 0.2) is 18.2 Å². The summed E-state index contributed by atoms with van der Waals surface area (Å²) in [5.41, 5.74) is -1.37. The Morgan fingerprint density at radius 2 is 1.80 bits per heavy atom. The number of piperazine rings is 1. The molecule has 0 saturated carbocycles. The molecule has 1 N–H and O–H groups in total. The van der Waals surface area contributed by atoms with Crippen LogP contribution in [0.1, 0.15) is 26.3 Å². The van der Waals surface area contributed by atoms with Crippen LogP contribution in [0.4, 0.5) is 8.78 Å². The number of halogens is 2. The van der Waals surface area contributed by atoms with E-state index >= 15 is 0 Å². The lowest BCUT2D eigenvalue weighted by atomic mass is 9.95. The molecule has 0 radical (unpaired) electrons. The molecule has 4 nitrogen and oxygen atoms in total. The minimum atomic E-state index is -1.15. The average Bonchev–Trinajstić information content (AvgIpc) is 2.35. The zero-order valence-electron chi connectivity index (χ0n) is 11.5. The maximum Gasteiger partial charge on any atom is 0.246 e. The molecule has 1 aromatic carbocycles. The Kier molecular flexibility index (Phi) is 3.50. The Morgan fingerprint density at radius 3 is 2.35 bits per heavy atom. The van der Waals surface area contributed by atoms with Crippen LogP contribution in [0.2, 0.25) is 0 Å². The molecule has 1 fully saturated rings. The zero-order valence-corrected chi connectivity index (χ0v) is 11.5. The monoisotopic (exact) mass is 282 g/mol. The molecule has 2 rings (SSSR count). The van der Waals surface area contributed by atoms with Crippen LogP contribution in [0.25, 0.3) is 0 Å². The standard InChI is InChI=1S/C14H16F2N2O2/c1-8-12(19)18(14(2,3)13(20)17-8)7-9-10(15)5-4-6-11(9)16/h4-6,8H,7H2,1-3H3,(H,17,20). The molecule has 1 unspecified atom stereocenters. The van der Waals surface area contributed by atoms with E-state index in [9.17, 15) is 18.4 Å². The first-order chi connectivity index (χ1) is 9.25. The van der Waals surface area contributed by atoms with Crippen molar-refractivity contribution in [3.63, 3.8) is 0 Å². The number of nitrogens with zero attached hydrogens (tertiary/aromatic N) is 1. The maximum absolute atomic E-state index is 13.7. The second-order valence-corrected chi connectivity index (χ2v) is 5.38. The van der Waals surface area contributed by atoms with Crippen molar-refractivity contribution in [2.24, 2.45) is 0 Å². The van der Waals surface area contributed by atoms with Crippen LogP contribution in [0.5, 0.6) is 0 Å². The van der Waals surface area contributed by atoms with E-state index in [-0.39, 0.29) is 23.9 Å². The third-order valence-electron chi connectivity index (χ3n) is 3.59. The van der Waals surface area contributed by atoms with Gasteiger partial charge in [-0.1, -0.05) is 6.07 Å². The molecule has 0 bridgehead atoms. The molecule has 6 heteroatoms. The Labute approximate surface area is 115 Å². The van der Waals surface area contributed by atoms with Crippen LogP contribution in [-0.4, -0.2) is 28.3 Å². The predicted octanol–water partition coefficient (Wildman–Crippen LogP) is 1.59. The number of benzene rings is 1. The third kappa shape index (κ3) is 2.26. The number of amides is 2. The molecule has 1 heterocycles. The van der Waals surface area contributed by atoms with Gasteiger partial charge in [0.1, 0.15) is 23.2 Å². The Hall–Kier alpha value is -1.98. The Bertz CT molecular complexity index is 552. The Balaban J connectivity index is 2.39. The van der Waals surface area contributed by atoms with Crippen molar-refractivity contribution in [1.29, 1.82) is 0 Å². The number of rotatable bonds is 2. The summed E-state index contributed by atoms with van der Waals surface area (Å²) in [5.74, 6) is -2.17. The summed E-state index contributed by atoms with van der Waals surface area (Å²) in [4.78, 5) is 25.3. The second kappa shape index (κ2) is 4.85. The number of nitrogens with one attached hydrogen (secondary N) is 1. The van der Waals surface area contributed by atoms with E-state index < -0.39 is 23.2 Å². The minimum Gasteiger partial charge on any atom is -0.343 e. The highest BCUT2D eigenvalue weighted by molar-refractivity contribution is 5.99. The van der Waals surface area contributed by atoms with E-state index in [4.69, 9.17) is 0 Å². The summed E-state index contributed by atoms with van der Waals surface area (Å²) < 4.78 is 27.4. The van der Waals surface area contributed by atoms with Crippen molar-refractivity contribution in [3.05, 3.63) is 35.4 Å². The molecular weight excluding hydrogens is 266 g/mol. The molecule has 1 aliphatic rings. The smallest absolute Gasteiger partial charge is 0.246 e. The van der Waals surface area contributed by atoms with Gasteiger partial charge in [0.2, 0.25) is 11.8 Å². The predicted molar refractivity (Wildman–Crippen MR) is 68.6 cm³/mol. The van der Waals surface area contributed by atoms with Crippen molar-refractivity contribution in [2.45, 2.75) is 38.9 Å². The second-order valence-electron chi connectivity index (χ2n) is 5.38. The molecule has 1 atom stereocenters. The SMILES string of the molecule is CC1NC(=O)C(C)(C)N(Cc2c(F)cccc2F)C1=O. The lowest BCUT2D eigenvalue weighted by Gasteiger charge is -2.43. The molecule has 108 valence electrons. The van der Waals surface area contributed by atoms with Gasteiger partial charge in [0.15, 0.2) is 0 Å². The highest BCUT2D eigenvalue weighted by Gasteiger charge is 2.45. The average molecular weight is 282 g/mol. The van der Waals surface area contributed by atoms with Crippen molar-refractivity contribution in [1.82, 2.24) is 10.2 Å². The van der Waals surface area contributed by atoms with Gasteiger partial charge in [0.05, 0.1) is 6.54 Å². The summed E-state index contributed by atoms with van der Waals surface area (Å²) in [6, 6.07) is 2.81. The molecule has 2 amide bonds. The molecule has 0 spiro atoms. The van der Waals surface area contributed by atoms with Gasteiger partial charge in [0.25, 0.3) is 0 Å². The van der Waals surface area contributed by atoms with Gasteiger partial charge in [-0.25, -0.2) is 8.78 Å². The molecule has 1 aromatic rings. The summed E-state index contributed by atoms with van der Waals surface area (Å²) in [5, 5.41) is 2.55. The van der Waals surface area contributed by atoms with Gasteiger partial charge in [-0.2, -0.15) is 0 Å². The van der Waals surface area contributed by atoms with E-state index in [1.165, 1.54) is 11.0 Å². The first-order valence-corrected chi connectivity index (χ1v) is 6.30. The molecule has 20 heavy (non-hydrogen) atoms. The highest BCUT2D eigenvalue weighted by atomic mass is 19.1. The molecular formula is C14H16F2N2O2. The Morgan fingerprint density at radius 1 is 1.25 bits per heavy atom. The third-order valence-corrected chi connectivity index (χ3v) is 3.59. The fraction of sp³-hybridized carbons (Fsp3) is 0.429. The summed E-state index contributed by atoms with van der Waals surface area (Å²) in [6.07, 6.45) is 0. The van der Waals surface area contributed by atoms with Gasteiger partial charge in [0, 0.05) is 5.56 Å². The largest absolute Gasteiger partial charge is 0.343 e. The minimum absolute atomic E-state index is 0.212. The lowest BCUT2D eigenvalue weighted by Crippen LogP contribution is -2.67. The normalized spacial score (nSPS) is 21.9. The van der Waals surface area contributed by atoms with E-state index in [0.29, 0.717) is 0 Å². The first-order valence-electron chi connectivity index (χ1n) is 6.30. The van der Waals surface area contributed by atoms with Crippen molar-refractivity contribution >= 4 is 11.8 Å². The number of carbonyl (C=O) groups excluding carboxylic acids is 2. The van der Waals surface area contributed by atoms with Crippen LogP contribution < -0.4 is 5.32 Å². The van der Waals surface area contributed by atoms with Crippen molar-refractivity contribution in [3.8, 4) is 0 Å². The van der Waals surface area contributed by atoms with E-state index in [1.807, 2.05) is 0 Å². The fourth-order valence-corrected chi connectivity index (χ4v) is 2.18. The molecule has 0 aliphatic carbocycles.